The third-order valence-corrected chi connectivity index (χ3v) is 3.24. The SMILES string of the molecule is CCC(=O)CSc1nc(C)ns1. The molecule has 0 saturated carbocycles. The molecule has 5 heteroatoms. The zero-order valence-corrected chi connectivity index (χ0v) is 8.67. The first-order valence-electron chi connectivity index (χ1n) is 3.67. The largest absolute Gasteiger partial charge is 0.299 e. The van der Waals surface area contributed by atoms with Gasteiger partial charge in [0.1, 0.15) is 11.6 Å². The molecule has 0 aliphatic carbocycles. The second kappa shape index (κ2) is 4.57. The van der Waals surface area contributed by atoms with Crippen molar-refractivity contribution in [2.45, 2.75) is 24.6 Å². The highest BCUT2D eigenvalue weighted by molar-refractivity contribution is 8.01. The molecule has 66 valence electrons. The van der Waals surface area contributed by atoms with Crippen LogP contribution in [0, 0.1) is 6.92 Å². The van der Waals surface area contributed by atoms with Crippen molar-refractivity contribution in [1.82, 2.24) is 9.36 Å². The Balaban J connectivity index is 2.38. The van der Waals surface area contributed by atoms with E-state index in [1.165, 1.54) is 23.3 Å². The number of hydrogen-bond donors (Lipinski definition) is 0. The molecule has 0 unspecified atom stereocenters. The van der Waals surface area contributed by atoms with Crippen LogP contribution < -0.4 is 0 Å². The predicted molar refractivity (Wildman–Crippen MR) is 50.7 cm³/mol. The molecule has 3 nitrogen and oxygen atoms in total. The third-order valence-electron chi connectivity index (χ3n) is 1.26. The number of Topliss-reactive ketones (excluding diaryl/α,β-unsaturated/α-hetero) is 1. The summed E-state index contributed by atoms with van der Waals surface area (Å²) in [6.45, 7) is 3.72. The Kier molecular flexibility index (Phi) is 3.68. The molecule has 0 radical (unpaired) electrons. The molecule has 0 spiro atoms. The highest BCUT2D eigenvalue weighted by atomic mass is 32.2. The van der Waals surface area contributed by atoms with E-state index in [2.05, 4.69) is 9.36 Å². The number of aromatic nitrogens is 2. The molecule has 0 aliphatic rings. The van der Waals surface area contributed by atoms with Gasteiger partial charge in [-0.2, -0.15) is 4.37 Å². The number of aryl methyl sites for hydroxylation is 1. The first-order chi connectivity index (χ1) is 5.72. The lowest BCUT2D eigenvalue weighted by atomic mass is 10.4. The lowest BCUT2D eigenvalue weighted by molar-refractivity contribution is -0.116. The molecule has 1 aromatic heterocycles. The molecule has 1 rings (SSSR count). The van der Waals surface area contributed by atoms with E-state index < -0.39 is 0 Å². The number of hydrogen-bond acceptors (Lipinski definition) is 5. The fraction of sp³-hybridized carbons (Fsp3) is 0.571. The van der Waals surface area contributed by atoms with Crippen molar-refractivity contribution >= 4 is 29.1 Å². The number of ketones is 1. The third kappa shape index (κ3) is 2.91. The minimum absolute atomic E-state index is 0.257. The van der Waals surface area contributed by atoms with Crippen LogP contribution in [0.25, 0.3) is 0 Å². The van der Waals surface area contributed by atoms with Gasteiger partial charge in [-0.05, 0) is 18.5 Å². The molecule has 0 bridgehead atoms. The molecule has 0 N–H and O–H groups in total. The van der Waals surface area contributed by atoms with Gasteiger partial charge in [-0.25, -0.2) is 4.98 Å². The second-order valence-electron chi connectivity index (χ2n) is 2.29. The molecule has 1 heterocycles. The molecular weight excluding hydrogens is 192 g/mol. The lowest BCUT2D eigenvalue weighted by Gasteiger charge is -1.91. The number of rotatable bonds is 4. The summed E-state index contributed by atoms with van der Waals surface area (Å²) in [5.41, 5.74) is 0. The highest BCUT2D eigenvalue weighted by Gasteiger charge is 2.03. The number of carbonyl (C=O) groups is 1. The average molecular weight is 202 g/mol. The van der Waals surface area contributed by atoms with Gasteiger partial charge in [0.15, 0.2) is 4.34 Å². The summed E-state index contributed by atoms with van der Waals surface area (Å²) in [6.07, 6.45) is 0.602. The van der Waals surface area contributed by atoms with Crippen molar-refractivity contribution in [2.75, 3.05) is 5.75 Å². The van der Waals surface area contributed by atoms with Crippen molar-refractivity contribution in [3.8, 4) is 0 Å². The van der Waals surface area contributed by atoms with Gasteiger partial charge in [0.25, 0.3) is 0 Å². The summed E-state index contributed by atoms with van der Waals surface area (Å²) in [5, 5.41) is 0. The Labute approximate surface area is 79.8 Å². The van der Waals surface area contributed by atoms with Crippen LogP contribution >= 0.6 is 23.3 Å². The summed E-state index contributed by atoms with van der Waals surface area (Å²) in [4.78, 5) is 15.1. The van der Waals surface area contributed by atoms with Crippen molar-refractivity contribution in [3.05, 3.63) is 5.82 Å². The molecule has 1 aromatic rings. The van der Waals surface area contributed by atoms with E-state index in [1.807, 2.05) is 13.8 Å². The van der Waals surface area contributed by atoms with Crippen molar-refractivity contribution in [3.63, 3.8) is 0 Å². The molecular formula is C7H10N2OS2. The minimum Gasteiger partial charge on any atom is -0.299 e. The Bertz CT molecular complexity index is 272. The Morgan fingerprint density at radius 3 is 2.92 bits per heavy atom. The van der Waals surface area contributed by atoms with E-state index in [0.717, 1.165) is 10.2 Å². The molecule has 0 atom stereocenters. The fourth-order valence-electron chi connectivity index (χ4n) is 0.581. The van der Waals surface area contributed by atoms with Gasteiger partial charge < -0.3 is 0 Å². The van der Waals surface area contributed by atoms with Gasteiger partial charge in [0, 0.05) is 6.42 Å². The number of thioether (sulfide) groups is 1. The highest BCUT2D eigenvalue weighted by Crippen LogP contribution is 2.19. The van der Waals surface area contributed by atoms with Crippen LogP contribution in [-0.2, 0) is 4.79 Å². The second-order valence-corrected chi connectivity index (χ2v) is 4.26. The van der Waals surface area contributed by atoms with Crippen molar-refractivity contribution in [1.29, 1.82) is 0 Å². The first-order valence-corrected chi connectivity index (χ1v) is 5.43. The maximum Gasteiger partial charge on any atom is 0.170 e. The van der Waals surface area contributed by atoms with Crippen molar-refractivity contribution < 1.29 is 4.79 Å². The Hall–Kier alpha value is -0.420. The van der Waals surface area contributed by atoms with Crippen LogP contribution in [0.3, 0.4) is 0 Å². The Morgan fingerprint density at radius 1 is 1.67 bits per heavy atom. The van der Waals surface area contributed by atoms with Crippen LogP contribution in [0.5, 0.6) is 0 Å². The lowest BCUT2D eigenvalue weighted by Crippen LogP contribution is -1.97. The van der Waals surface area contributed by atoms with E-state index >= 15 is 0 Å². The Morgan fingerprint density at radius 2 is 2.42 bits per heavy atom. The summed E-state index contributed by atoms with van der Waals surface area (Å²) in [5.74, 6) is 1.56. The van der Waals surface area contributed by atoms with Crippen LogP contribution in [0.4, 0.5) is 0 Å². The zero-order chi connectivity index (χ0) is 8.97. The summed E-state index contributed by atoms with van der Waals surface area (Å²) in [6, 6.07) is 0. The maximum atomic E-state index is 10.9. The normalized spacial score (nSPS) is 10.2. The monoisotopic (exact) mass is 202 g/mol. The van der Waals surface area contributed by atoms with E-state index in [4.69, 9.17) is 0 Å². The van der Waals surface area contributed by atoms with Crippen LogP contribution in [-0.4, -0.2) is 20.9 Å². The smallest absolute Gasteiger partial charge is 0.170 e. The van der Waals surface area contributed by atoms with Gasteiger partial charge in [-0.1, -0.05) is 18.7 Å². The van der Waals surface area contributed by atoms with Crippen LogP contribution in [0.15, 0.2) is 4.34 Å². The predicted octanol–water partition coefficient (Wildman–Crippen LogP) is 1.92. The topological polar surface area (TPSA) is 42.9 Å². The standard InChI is InChI=1S/C7H10N2OS2/c1-3-6(10)4-11-7-8-5(2)9-12-7/h3-4H2,1-2H3. The van der Waals surface area contributed by atoms with Gasteiger partial charge >= 0.3 is 0 Å². The molecule has 0 saturated heterocycles. The van der Waals surface area contributed by atoms with Gasteiger partial charge in [-0.15, -0.1) is 0 Å². The zero-order valence-electron chi connectivity index (χ0n) is 7.03. The summed E-state index contributed by atoms with van der Waals surface area (Å²) in [7, 11) is 0. The molecule has 12 heavy (non-hydrogen) atoms. The maximum absolute atomic E-state index is 10.9. The fourth-order valence-corrected chi connectivity index (χ4v) is 2.19. The summed E-state index contributed by atoms with van der Waals surface area (Å²) < 4.78 is 4.90. The van der Waals surface area contributed by atoms with E-state index in [-0.39, 0.29) is 5.78 Å². The van der Waals surface area contributed by atoms with E-state index in [1.54, 1.807) is 0 Å². The van der Waals surface area contributed by atoms with Gasteiger partial charge in [0.2, 0.25) is 0 Å². The molecule has 0 aliphatic heterocycles. The minimum atomic E-state index is 0.257. The van der Waals surface area contributed by atoms with Crippen molar-refractivity contribution in [2.24, 2.45) is 0 Å². The van der Waals surface area contributed by atoms with Gasteiger partial charge in [0.05, 0.1) is 5.75 Å². The molecule has 0 fully saturated rings. The number of nitrogens with zero attached hydrogens (tertiary/aromatic N) is 2. The molecule has 0 aromatic carbocycles. The summed E-state index contributed by atoms with van der Waals surface area (Å²) >= 11 is 2.82. The first kappa shape index (κ1) is 9.67. The molecule has 0 amide bonds. The quantitative estimate of drug-likeness (QED) is 0.700. The van der Waals surface area contributed by atoms with E-state index in [9.17, 15) is 4.79 Å². The van der Waals surface area contributed by atoms with Crippen LogP contribution in [0.2, 0.25) is 0 Å². The van der Waals surface area contributed by atoms with E-state index in [0.29, 0.717) is 12.2 Å². The van der Waals surface area contributed by atoms with Gasteiger partial charge in [-0.3, -0.25) is 4.79 Å². The van der Waals surface area contributed by atoms with Crippen LogP contribution in [0.1, 0.15) is 19.2 Å². The average Bonchev–Trinajstić information content (AvgIpc) is 2.47. The number of carbonyl (C=O) groups excluding carboxylic acids is 1.